The number of rotatable bonds is 3. The zero-order valence-corrected chi connectivity index (χ0v) is 13.1. The number of likely N-dealkylation sites (tertiary alicyclic amines) is 1. The maximum Gasteiger partial charge on any atom is 0.226 e. The van der Waals surface area contributed by atoms with Gasteiger partial charge in [-0.1, -0.05) is 19.1 Å². The van der Waals surface area contributed by atoms with E-state index in [4.69, 9.17) is 10.7 Å². The molecule has 1 saturated heterocycles. The molecule has 1 aliphatic rings. The number of piperidine rings is 1. The molecule has 1 atom stereocenters. The molecule has 0 aliphatic carbocycles. The number of hydrogen-bond donors (Lipinski definition) is 1. The highest BCUT2D eigenvalue weighted by Gasteiger charge is 2.27. The van der Waals surface area contributed by atoms with Crippen LogP contribution in [-0.4, -0.2) is 35.4 Å². The van der Waals surface area contributed by atoms with Crippen LogP contribution in [0.1, 0.15) is 30.7 Å². The van der Waals surface area contributed by atoms with Gasteiger partial charge in [0.05, 0.1) is 15.2 Å². The highest BCUT2D eigenvalue weighted by molar-refractivity contribution is 7.18. The van der Waals surface area contributed by atoms with Gasteiger partial charge in [-0.3, -0.25) is 4.79 Å². The van der Waals surface area contributed by atoms with Crippen LogP contribution in [0.2, 0.25) is 0 Å². The van der Waals surface area contributed by atoms with Crippen LogP contribution in [0.15, 0.2) is 24.3 Å². The lowest BCUT2D eigenvalue weighted by molar-refractivity contribution is -0.135. The second kappa shape index (κ2) is 6.12. The van der Waals surface area contributed by atoms with E-state index in [0.29, 0.717) is 12.5 Å². The van der Waals surface area contributed by atoms with Gasteiger partial charge in [-0.15, -0.1) is 11.3 Å². The lowest BCUT2D eigenvalue weighted by atomic mass is 9.96. The second-order valence-electron chi connectivity index (χ2n) is 5.76. The fraction of sp³-hybridized carbons (Fsp3) is 0.500. The van der Waals surface area contributed by atoms with Crippen LogP contribution in [0.5, 0.6) is 0 Å². The fourth-order valence-electron chi connectivity index (χ4n) is 2.82. The minimum absolute atomic E-state index is 0.0657. The topological polar surface area (TPSA) is 59.2 Å². The Hall–Kier alpha value is -1.46. The first-order valence-corrected chi connectivity index (χ1v) is 8.35. The second-order valence-corrected chi connectivity index (χ2v) is 6.82. The number of benzene rings is 1. The molecule has 1 aromatic heterocycles. The number of aromatic nitrogens is 1. The number of carbonyl (C=O) groups excluding carboxylic acids is 1. The number of nitrogens with zero attached hydrogens (tertiary/aromatic N) is 2. The van der Waals surface area contributed by atoms with Gasteiger partial charge >= 0.3 is 0 Å². The molecule has 21 heavy (non-hydrogen) atoms. The molecule has 3 rings (SSSR count). The minimum Gasteiger partial charge on any atom is -0.342 e. The van der Waals surface area contributed by atoms with E-state index in [-0.39, 0.29) is 11.8 Å². The molecule has 2 heterocycles. The molecule has 1 aromatic carbocycles. The van der Waals surface area contributed by atoms with Crippen molar-refractivity contribution < 1.29 is 4.79 Å². The Morgan fingerprint density at radius 1 is 1.43 bits per heavy atom. The summed E-state index contributed by atoms with van der Waals surface area (Å²) in [6.45, 7) is 3.98. The molecule has 1 unspecified atom stereocenters. The van der Waals surface area contributed by atoms with Gasteiger partial charge in [0.15, 0.2) is 0 Å². The summed E-state index contributed by atoms with van der Waals surface area (Å²) in [7, 11) is 0. The van der Waals surface area contributed by atoms with E-state index in [1.165, 1.54) is 9.71 Å². The van der Waals surface area contributed by atoms with Gasteiger partial charge in [0.2, 0.25) is 5.91 Å². The van der Waals surface area contributed by atoms with Gasteiger partial charge in [-0.05, 0) is 25.0 Å². The molecule has 0 spiro atoms. The Bertz CT molecular complexity index is 598. The number of hydrogen-bond acceptors (Lipinski definition) is 4. The van der Waals surface area contributed by atoms with Gasteiger partial charge in [-0.2, -0.15) is 0 Å². The largest absolute Gasteiger partial charge is 0.342 e. The van der Waals surface area contributed by atoms with Crippen LogP contribution in [0.4, 0.5) is 0 Å². The van der Waals surface area contributed by atoms with Crippen LogP contribution >= 0.6 is 11.3 Å². The molecule has 0 radical (unpaired) electrons. The summed E-state index contributed by atoms with van der Waals surface area (Å²) in [5, 5.41) is 1.22. The van der Waals surface area contributed by atoms with Crippen LogP contribution in [0.3, 0.4) is 0 Å². The van der Waals surface area contributed by atoms with Gasteiger partial charge in [-0.25, -0.2) is 4.98 Å². The van der Waals surface area contributed by atoms with Crippen molar-refractivity contribution in [2.24, 2.45) is 11.7 Å². The average Bonchev–Trinajstić information content (AvgIpc) is 2.97. The van der Waals surface area contributed by atoms with Gasteiger partial charge in [0.25, 0.3) is 0 Å². The SMILES string of the molecule is CC(CN)C(=O)N1CCC(c2nc3ccccc3s2)CC1. The highest BCUT2D eigenvalue weighted by atomic mass is 32.1. The predicted octanol–water partition coefficient (Wildman–Crippen LogP) is 2.60. The van der Waals surface area contributed by atoms with E-state index >= 15 is 0 Å². The quantitative estimate of drug-likeness (QED) is 0.948. The average molecular weight is 303 g/mol. The molecule has 0 saturated carbocycles. The monoisotopic (exact) mass is 303 g/mol. The van der Waals surface area contributed by atoms with Crippen molar-refractivity contribution in [3.8, 4) is 0 Å². The fourth-order valence-corrected chi connectivity index (χ4v) is 3.96. The highest BCUT2D eigenvalue weighted by Crippen LogP contribution is 2.33. The first-order valence-electron chi connectivity index (χ1n) is 7.53. The van der Waals surface area contributed by atoms with Crippen molar-refractivity contribution in [1.82, 2.24) is 9.88 Å². The summed E-state index contributed by atoms with van der Waals surface area (Å²) < 4.78 is 1.25. The molecular weight excluding hydrogens is 282 g/mol. The lowest BCUT2D eigenvalue weighted by Gasteiger charge is -2.32. The van der Waals surface area contributed by atoms with Crippen LogP contribution in [0, 0.1) is 5.92 Å². The van der Waals surface area contributed by atoms with Crippen molar-refractivity contribution in [3.05, 3.63) is 29.3 Å². The van der Waals surface area contributed by atoms with E-state index in [1.54, 1.807) is 11.3 Å². The van der Waals surface area contributed by atoms with Crippen molar-refractivity contribution in [2.45, 2.75) is 25.7 Å². The minimum atomic E-state index is -0.0657. The number of carbonyl (C=O) groups is 1. The lowest BCUT2D eigenvalue weighted by Crippen LogP contribution is -2.42. The number of para-hydroxylation sites is 1. The van der Waals surface area contributed by atoms with Crippen molar-refractivity contribution in [2.75, 3.05) is 19.6 Å². The van der Waals surface area contributed by atoms with Crippen molar-refractivity contribution >= 4 is 27.5 Å². The number of thiazole rings is 1. The van der Waals surface area contributed by atoms with Gasteiger partial charge < -0.3 is 10.6 Å². The molecular formula is C16H21N3OS. The smallest absolute Gasteiger partial charge is 0.226 e. The van der Waals surface area contributed by atoms with Crippen molar-refractivity contribution in [1.29, 1.82) is 0 Å². The Morgan fingerprint density at radius 3 is 2.81 bits per heavy atom. The standard InChI is InChI=1S/C16H21N3OS/c1-11(10-17)16(20)19-8-6-12(7-9-19)15-18-13-4-2-3-5-14(13)21-15/h2-5,11-12H,6-10,17H2,1H3. The zero-order chi connectivity index (χ0) is 14.8. The predicted molar refractivity (Wildman–Crippen MR) is 86.4 cm³/mol. The summed E-state index contributed by atoms with van der Waals surface area (Å²) in [6, 6.07) is 8.27. The molecule has 2 aromatic rings. The Labute approximate surface area is 129 Å². The molecule has 0 bridgehead atoms. The van der Waals surface area contributed by atoms with E-state index in [2.05, 4.69) is 18.2 Å². The van der Waals surface area contributed by atoms with Gasteiger partial charge in [0.1, 0.15) is 0 Å². The number of amides is 1. The normalized spacial score (nSPS) is 18.1. The maximum absolute atomic E-state index is 12.1. The van der Waals surface area contributed by atoms with Gasteiger partial charge in [0, 0.05) is 31.5 Å². The number of fused-ring (bicyclic) bond motifs is 1. The van der Waals surface area contributed by atoms with Crippen molar-refractivity contribution in [3.63, 3.8) is 0 Å². The Kier molecular flexibility index (Phi) is 4.22. The first-order chi connectivity index (χ1) is 10.2. The molecule has 4 nitrogen and oxygen atoms in total. The molecule has 2 N–H and O–H groups in total. The molecule has 1 amide bonds. The third-order valence-corrected chi connectivity index (χ3v) is 5.44. The maximum atomic E-state index is 12.1. The van der Waals surface area contributed by atoms with Crippen LogP contribution in [0.25, 0.3) is 10.2 Å². The Morgan fingerprint density at radius 2 is 2.14 bits per heavy atom. The molecule has 5 heteroatoms. The molecule has 112 valence electrons. The summed E-state index contributed by atoms with van der Waals surface area (Å²) in [6.07, 6.45) is 2.01. The zero-order valence-electron chi connectivity index (χ0n) is 12.3. The first kappa shape index (κ1) is 14.5. The van der Waals surface area contributed by atoms with Crippen LogP contribution in [-0.2, 0) is 4.79 Å². The van der Waals surface area contributed by atoms with E-state index < -0.39 is 0 Å². The summed E-state index contributed by atoms with van der Waals surface area (Å²) in [5.41, 5.74) is 6.68. The number of nitrogens with two attached hydrogens (primary N) is 1. The third-order valence-electron chi connectivity index (χ3n) is 4.24. The Balaban J connectivity index is 1.67. The summed E-state index contributed by atoms with van der Waals surface area (Å²) in [5.74, 6) is 0.615. The van der Waals surface area contributed by atoms with E-state index in [0.717, 1.165) is 31.4 Å². The molecule has 1 aliphatic heterocycles. The van der Waals surface area contributed by atoms with E-state index in [9.17, 15) is 4.79 Å². The summed E-state index contributed by atoms with van der Waals surface area (Å²) >= 11 is 1.79. The molecule has 1 fully saturated rings. The third kappa shape index (κ3) is 2.94. The van der Waals surface area contributed by atoms with E-state index in [1.807, 2.05) is 17.9 Å². The van der Waals surface area contributed by atoms with Crippen LogP contribution < -0.4 is 5.73 Å². The summed E-state index contributed by atoms with van der Waals surface area (Å²) in [4.78, 5) is 18.9.